The SMILES string of the molecule is CCOC(=O)C(C(=O)CCl)C(c1ccccc1)c1cc(Br)ccc1O. The van der Waals surface area contributed by atoms with Crippen LogP contribution >= 0.6 is 27.5 Å². The van der Waals surface area contributed by atoms with Gasteiger partial charge in [0.25, 0.3) is 0 Å². The number of hydrogen-bond acceptors (Lipinski definition) is 4. The maximum absolute atomic E-state index is 12.5. The van der Waals surface area contributed by atoms with Crippen LogP contribution in [0.4, 0.5) is 0 Å². The zero-order chi connectivity index (χ0) is 18.4. The molecule has 2 unspecified atom stereocenters. The lowest BCUT2D eigenvalue weighted by Gasteiger charge is -2.26. The van der Waals surface area contributed by atoms with E-state index in [1.807, 2.05) is 18.2 Å². The van der Waals surface area contributed by atoms with E-state index in [4.69, 9.17) is 16.3 Å². The highest BCUT2D eigenvalue weighted by Gasteiger charge is 2.38. The quantitative estimate of drug-likeness (QED) is 0.409. The van der Waals surface area contributed by atoms with Crippen LogP contribution in [-0.4, -0.2) is 29.3 Å². The zero-order valence-corrected chi connectivity index (χ0v) is 16.0. The molecule has 0 aliphatic rings. The number of ketones is 1. The van der Waals surface area contributed by atoms with Crippen molar-refractivity contribution in [1.82, 2.24) is 0 Å². The number of carbonyl (C=O) groups excluding carboxylic acids is 2. The van der Waals surface area contributed by atoms with E-state index in [2.05, 4.69) is 15.9 Å². The minimum absolute atomic E-state index is 0.00581. The fraction of sp³-hybridized carbons (Fsp3) is 0.263. The van der Waals surface area contributed by atoms with Crippen molar-refractivity contribution < 1.29 is 19.4 Å². The standard InChI is InChI=1S/C19H18BrClO4/c1-2-25-19(24)18(16(23)11-21)17(12-6-4-3-5-7-12)14-10-13(20)8-9-15(14)22/h3-10,17-18,22H,2,11H2,1H3. The van der Waals surface area contributed by atoms with E-state index >= 15 is 0 Å². The summed E-state index contributed by atoms with van der Waals surface area (Å²) in [6.07, 6.45) is 0. The molecule has 0 bridgehead atoms. The van der Waals surface area contributed by atoms with Crippen molar-refractivity contribution in [2.75, 3.05) is 12.5 Å². The Balaban J connectivity index is 2.66. The van der Waals surface area contributed by atoms with Gasteiger partial charge in [-0.05, 0) is 30.7 Å². The van der Waals surface area contributed by atoms with Gasteiger partial charge in [0.15, 0.2) is 5.78 Å². The average molecular weight is 426 g/mol. The maximum atomic E-state index is 12.5. The summed E-state index contributed by atoms with van der Waals surface area (Å²) in [5, 5.41) is 10.4. The van der Waals surface area contributed by atoms with Crippen molar-refractivity contribution >= 4 is 39.3 Å². The summed E-state index contributed by atoms with van der Waals surface area (Å²) in [5.74, 6) is -3.27. The minimum atomic E-state index is -1.14. The molecule has 1 N–H and O–H groups in total. The van der Waals surface area contributed by atoms with Gasteiger partial charge in [0.05, 0.1) is 12.5 Å². The maximum Gasteiger partial charge on any atom is 0.317 e. The molecule has 2 aromatic rings. The Morgan fingerprint density at radius 2 is 1.88 bits per heavy atom. The number of phenols is 1. The predicted molar refractivity (Wildman–Crippen MR) is 99.9 cm³/mol. The molecule has 0 saturated heterocycles. The molecule has 0 aliphatic heterocycles. The van der Waals surface area contributed by atoms with Gasteiger partial charge in [-0.25, -0.2) is 0 Å². The highest BCUT2D eigenvalue weighted by molar-refractivity contribution is 9.10. The summed E-state index contributed by atoms with van der Waals surface area (Å²) < 4.78 is 5.83. The molecule has 2 atom stereocenters. The van der Waals surface area contributed by atoms with Gasteiger partial charge in [-0.1, -0.05) is 46.3 Å². The number of esters is 1. The van der Waals surface area contributed by atoms with Gasteiger partial charge in [-0.3, -0.25) is 9.59 Å². The van der Waals surface area contributed by atoms with Crippen LogP contribution in [0.3, 0.4) is 0 Å². The van der Waals surface area contributed by atoms with Gasteiger partial charge in [0, 0.05) is 16.0 Å². The topological polar surface area (TPSA) is 63.6 Å². The molecule has 0 saturated carbocycles. The molecular weight excluding hydrogens is 408 g/mol. The average Bonchev–Trinajstić information content (AvgIpc) is 2.62. The van der Waals surface area contributed by atoms with E-state index in [-0.39, 0.29) is 18.2 Å². The monoisotopic (exact) mass is 424 g/mol. The Morgan fingerprint density at radius 1 is 1.20 bits per heavy atom. The third kappa shape index (κ3) is 4.61. The number of phenolic OH excluding ortho intramolecular Hbond substituents is 1. The van der Waals surface area contributed by atoms with Crippen LogP contribution in [0.5, 0.6) is 5.75 Å². The molecule has 6 heteroatoms. The predicted octanol–water partition coefficient (Wildman–Crippen LogP) is 4.27. The number of ether oxygens (including phenoxy) is 1. The number of halogens is 2. The molecule has 25 heavy (non-hydrogen) atoms. The molecule has 0 spiro atoms. The lowest BCUT2D eigenvalue weighted by Crippen LogP contribution is -2.33. The van der Waals surface area contributed by atoms with E-state index in [0.717, 1.165) is 4.47 Å². The summed E-state index contributed by atoms with van der Waals surface area (Å²) in [7, 11) is 0. The number of rotatable bonds is 7. The molecule has 0 radical (unpaired) electrons. The van der Waals surface area contributed by atoms with Gasteiger partial charge in [-0.2, -0.15) is 0 Å². The molecular formula is C19H18BrClO4. The second kappa shape index (κ2) is 9.02. The Hall–Kier alpha value is -1.85. The molecule has 4 nitrogen and oxygen atoms in total. The van der Waals surface area contributed by atoms with E-state index in [1.54, 1.807) is 31.2 Å². The lowest BCUT2D eigenvalue weighted by atomic mass is 9.78. The van der Waals surface area contributed by atoms with Gasteiger partial charge in [-0.15, -0.1) is 11.6 Å². The largest absolute Gasteiger partial charge is 0.508 e. The fourth-order valence-corrected chi connectivity index (χ4v) is 3.30. The fourth-order valence-electron chi connectivity index (χ4n) is 2.75. The third-order valence-electron chi connectivity index (χ3n) is 3.84. The molecule has 2 aromatic carbocycles. The summed E-state index contributed by atoms with van der Waals surface area (Å²) in [6, 6.07) is 14.0. The van der Waals surface area contributed by atoms with Gasteiger partial charge < -0.3 is 9.84 Å². The summed E-state index contributed by atoms with van der Waals surface area (Å²) in [4.78, 5) is 25.0. The van der Waals surface area contributed by atoms with Gasteiger partial charge >= 0.3 is 5.97 Å². The number of hydrogen-bond donors (Lipinski definition) is 1. The number of Topliss-reactive ketones (excluding diaryl/α,β-unsaturated/α-hetero) is 1. The molecule has 0 heterocycles. The number of alkyl halides is 1. The van der Waals surface area contributed by atoms with Crippen LogP contribution in [0.15, 0.2) is 53.0 Å². The Morgan fingerprint density at radius 3 is 2.48 bits per heavy atom. The Kier molecular flexibility index (Phi) is 7.02. The molecule has 0 aliphatic carbocycles. The Bertz CT molecular complexity index is 748. The molecule has 2 rings (SSSR count). The van der Waals surface area contributed by atoms with Crippen LogP contribution < -0.4 is 0 Å². The molecule has 0 amide bonds. The zero-order valence-electron chi connectivity index (χ0n) is 13.6. The first-order chi connectivity index (χ1) is 12.0. The number of aromatic hydroxyl groups is 1. The van der Waals surface area contributed by atoms with Crippen LogP contribution in [0.1, 0.15) is 24.0 Å². The van der Waals surface area contributed by atoms with Crippen LogP contribution in [0.2, 0.25) is 0 Å². The first kappa shape index (κ1) is 19.5. The summed E-state index contributed by atoms with van der Waals surface area (Å²) in [6.45, 7) is 1.82. The second-order valence-corrected chi connectivity index (χ2v) is 6.60. The first-order valence-electron chi connectivity index (χ1n) is 7.78. The summed E-state index contributed by atoms with van der Waals surface area (Å²) in [5.41, 5.74) is 1.17. The Labute approximate surface area is 159 Å². The highest BCUT2D eigenvalue weighted by atomic mass is 79.9. The van der Waals surface area contributed by atoms with Crippen molar-refractivity contribution in [3.05, 3.63) is 64.1 Å². The van der Waals surface area contributed by atoms with E-state index in [0.29, 0.717) is 11.1 Å². The lowest BCUT2D eigenvalue weighted by molar-refractivity contribution is -0.151. The van der Waals surface area contributed by atoms with Crippen LogP contribution in [-0.2, 0) is 14.3 Å². The van der Waals surface area contributed by atoms with Crippen molar-refractivity contribution in [2.24, 2.45) is 5.92 Å². The third-order valence-corrected chi connectivity index (χ3v) is 4.59. The van der Waals surface area contributed by atoms with Crippen molar-refractivity contribution in [1.29, 1.82) is 0 Å². The first-order valence-corrected chi connectivity index (χ1v) is 9.11. The minimum Gasteiger partial charge on any atom is -0.508 e. The molecule has 0 aromatic heterocycles. The smallest absolute Gasteiger partial charge is 0.317 e. The number of benzene rings is 2. The second-order valence-electron chi connectivity index (χ2n) is 5.42. The highest BCUT2D eigenvalue weighted by Crippen LogP contribution is 2.39. The normalized spacial score (nSPS) is 13.1. The van der Waals surface area contributed by atoms with Crippen LogP contribution in [0.25, 0.3) is 0 Å². The molecule has 132 valence electrons. The molecule has 0 fully saturated rings. The van der Waals surface area contributed by atoms with Crippen molar-refractivity contribution in [3.63, 3.8) is 0 Å². The van der Waals surface area contributed by atoms with E-state index in [9.17, 15) is 14.7 Å². The van der Waals surface area contributed by atoms with Gasteiger partial charge in [0.1, 0.15) is 11.7 Å². The number of carbonyl (C=O) groups is 2. The van der Waals surface area contributed by atoms with Gasteiger partial charge in [0.2, 0.25) is 0 Å². The van der Waals surface area contributed by atoms with E-state index in [1.165, 1.54) is 6.07 Å². The van der Waals surface area contributed by atoms with Crippen molar-refractivity contribution in [2.45, 2.75) is 12.8 Å². The van der Waals surface area contributed by atoms with E-state index < -0.39 is 23.6 Å². The van der Waals surface area contributed by atoms with Crippen molar-refractivity contribution in [3.8, 4) is 5.75 Å². The van der Waals surface area contributed by atoms with Crippen LogP contribution in [0, 0.1) is 5.92 Å². The summed E-state index contributed by atoms with van der Waals surface area (Å²) >= 11 is 9.12.